The first-order valence-electron chi connectivity index (χ1n) is 5.37. The molecule has 4 nitrogen and oxygen atoms in total. The molecule has 0 radical (unpaired) electrons. The van der Waals surface area contributed by atoms with Gasteiger partial charge in [0, 0.05) is 11.0 Å². The van der Waals surface area contributed by atoms with Crippen LogP contribution in [-0.2, 0) is 6.54 Å². The fourth-order valence-corrected chi connectivity index (χ4v) is 1.72. The normalized spacial score (nSPS) is 9.89. The summed E-state index contributed by atoms with van der Waals surface area (Å²) in [5.41, 5.74) is 6.56. The highest BCUT2D eigenvalue weighted by Crippen LogP contribution is 2.13. The van der Waals surface area contributed by atoms with Crippen molar-refractivity contribution in [3.8, 4) is 5.75 Å². The van der Waals surface area contributed by atoms with Crippen LogP contribution in [-0.4, -0.2) is 22.9 Å². The first kappa shape index (κ1) is 15.0. The summed E-state index contributed by atoms with van der Waals surface area (Å²) in [5, 5.41) is 4.23. The van der Waals surface area contributed by atoms with E-state index < -0.39 is 0 Å². The quantitative estimate of drug-likeness (QED) is 0.915. The molecule has 1 heterocycles. The number of halogens is 2. The van der Waals surface area contributed by atoms with Gasteiger partial charge in [-0.3, -0.25) is 4.68 Å². The molecule has 98 valence electrons. The molecule has 0 spiro atoms. The molecule has 0 saturated carbocycles. The van der Waals surface area contributed by atoms with Crippen LogP contribution in [0.5, 0.6) is 5.75 Å². The van der Waals surface area contributed by atoms with Gasteiger partial charge in [0.05, 0.1) is 18.9 Å². The molecule has 0 atom stereocenters. The Kier molecular flexibility index (Phi) is 6.18. The van der Waals surface area contributed by atoms with Gasteiger partial charge in [-0.05, 0) is 17.7 Å². The molecule has 0 aliphatic carbocycles. The van der Waals surface area contributed by atoms with E-state index in [9.17, 15) is 0 Å². The maximum Gasteiger partial charge on any atom is 0.157 e. The van der Waals surface area contributed by atoms with Crippen LogP contribution in [0, 0.1) is 0 Å². The Hall–Kier alpha value is -1.04. The molecule has 0 aliphatic heterocycles. The van der Waals surface area contributed by atoms with Crippen LogP contribution in [0.4, 0.5) is 0 Å². The summed E-state index contributed by atoms with van der Waals surface area (Å²) < 4.78 is 8.30. The van der Waals surface area contributed by atoms with E-state index in [4.69, 9.17) is 10.5 Å². The topological polar surface area (TPSA) is 53.1 Å². The summed E-state index contributed by atoms with van der Waals surface area (Å²) in [6.45, 7) is 1.77. The van der Waals surface area contributed by atoms with Crippen molar-refractivity contribution in [3.63, 3.8) is 0 Å². The van der Waals surface area contributed by atoms with Gasteiger partial charge in [0.15, 0.2) is 5.75 Å². The molecule has 0 amide bonds. The van der Waals surface area contributed by atoms with E-state index in [1.54, 1.807) is 6.20 Å². The summed E-state index contributed by atoms with van der Waals surface area (Å²) in [4.78, 5) is 0. The number of aromatic nitrogens is 2. The number of hydrogen-bond donors (Lipinski definition) is 1. The zero-order valence-corrected chi connectivity index (χ0v) is 12.2. The Balaban J connectivity index is 0.00000162. The van der Waals surface area contributed by atoms with Crippen molar-refractivity contribution in [3.05, 3.63) is 46.7 Å². The smallest absolute Gasteiger partial charge is 0.157 e. The van der Waals surface area contributed by atoms with Gasteiger partial charge >= 0.3 is 0 Å². The molecular weight excluding hydrogens is 318 g/mol. The fraction of sp³-hybridized carbons (Fsp3) is 0.250. The standard InChI is InChI=1S/C12H14BrN3O.ClH/c13-11-3-1-10(2-4-11)8-16-9-12(7-15-16)17-6-5-14;/h1-4,7,9H,5-6,8,14H2;1H. The van der Waals surface area contributed by atoms with Gasteiger partial charge in [-0.1, -0.05) is 28.1 Å². The summed E-state index contributed by atoms with van der Waals surface area (Å²) in [6.07, 6.45) is 3.58. The molecule has 0 bridgehead atoms. The Labute approximate surface area is 121 Å². The minimum atomic E-state index is 0. The van der Waals surface area contributed by atoms with Crippen molar-refractivity contribution in [2.75, 3.05) is 13.2 Å². The van der Waals surface area contributed by atoms with Crippen LogP contribution in [0.1, 0.15) is 5.56 Å². The van der Waals surface area contributed by atoms with Gasteiger partial charge in [0.2, 0.25) is 0 Å². The van der Waals surface area contributed by atoms with E-state index in [1.807, 2.05) is 23.0 Å². The van der Waals surface area contributed by atoms with Crippen molar-refractivity contribution in [2.24, 2.45) is 5.73 Å². The third kappa shape index (κ3) is 4.33. The minimum Gasteiger partial charge on any atom is -0.489 e. The zero-order chi connectivity index (χ0) is 12.1. The van der Waals surface area contributed by atoms with Gasteiger partial charge < -0.3 is 10.5 Å². The third-order valence-electron chi connectivity index (χ3n) is 2.25. The van der Waals surface area contributed by atoms with Crippen LogP contribution >= 0.6 is 28.3 Å². The molecule has 2 N–H and O–H groups in total. The lowest BCUT2D eigenvalue weighted by Gasteiger charge is -2.02. The number of nitrogens with zero attached hydrogens (tertiary/aromatic N) is 2. The molecule has 0 unspecified atom stereocenters. The molecule has 1 aromatic heterocycles. The predicted octanol–water partition coefficient (Wildman–Crippen LogP) is 2.45. The van der Waals surface area contributed by atoms with Crippen molar-refractivity contribution in [1.82, 2.24) is 9.78 Å². The first-order chi connectivity index (χ1) is 8.28. The Bertz CT molecular complexity index is 472. The van der Waals surface area contributed by atoms with Gasteiger partial charge in [0.1, 0.15) is 6.61 Å². The van der Waals surface area contributed by atoms with Gasteiger partial charge in [-0.25, -0.2) is 0 Å². The summed E-state index contributed by atoms with van der Waals surface area (Å²) in [5.74, 6) is 0.757. The lowest BCUT2D eigenvalue weighted by molar-refractivity contribution is 0.328. The summed E-state index contributed by atoms with van der Waals surface area (Å²) in [6, 6.07) is 8.16. The zero-order valence-electron chi connectivity index (χ0n) is 9.75. The number of rotatable bonds is 5. The van der Waals surface area contributed by atoms with E-state index in [0.717, 1.165) is 16.8 Å². The second-order valence-electron chi connectivity index (χ2n) is 3.64. The largest absolute Gasteiger partial charge is 0.489 e. The monoisotopic (exact) mass is 331 g/mol. The van der Waals surface area contributed by atoms with Gasteiger partial charge in [0.25, 0.3) is 0 Å². The Morgan fingerprint density at radius 2 is 2.00 bits per heavy atom. The van der Waals surface area contributed by atoms with E-state index in [-0.39, 0.29) is 12.4 Å². The maximum absolute atomic E-state index is 5.38. The molecule has 1 aromatic carbocycles. The lowest BCUT2D eigenvalue weighted by atomic mass is 10.2. The molecule has 18 heavy (non-hydrogen) atoms. The predicted molar refractivity (Wildman–Crippen MR) is 77.3 cm³/mol. The lowest BCUT2D eigenvalue weighted by Crippen LogP contribution is -2.10. The molecule has 2 aromatic rings. The van der Waals surface area contributed by atoms with Crippen LogP contribution in [0.2, 0.25) is 0 Å². The van der Waals surface area contributed by atoms with Crippen molar-refractivity contribution < 1.29 is 4.74 Å². The highest BCUT2D eigenvalue weighted by molar-refractivity contribution is 9.10. The van der Waals surface area contributed by atoms with Crippen molar-refractivity contribution >= 4 is 28.3 Å². The molecule has 2 rings (SSSR count). The van der Waals surface area contributed by atoms with Crippen molar-refractivity contribution in [2.45, 2.75) is 6.54 Å². The van der Waals surface area contributed by atoms with E-state index in [0.29, 0.717) is 13.2 Å². The number of ether oxygens (including phenoxy) is 1. The average Bonchev–Trinajstić information content (AvgIpc) is 2.77. The third-order valence-corrected chi connectivity index (χ3v) is 2.78. The number of hydrogen-bond acceptors (Lipinski definition) is 3. The molecule has 6 heteroatoms. The first-order valence-corrected chi connectivity index (χ1v) is 6.17. The van der Waals surface area contributed by atoms with Crippen molar-refractivity contribution in [1.29, 1.82) is 0 Å². The van der Waals surface area contributed by atoms with Gasteiger partial charge in [-0.2, -0.15) is 5.10 Å². The van der Waals surface area contributed by atoms with Crippen LogP contribution in [0.3, 0.4) is 0 Å². The van der Waals surface area contributed by atoms with E-state index in [1.165, 1.54) is 5.56 Å². The second kappa shape index (κ2) is 7.41. The summed E-state index contributed by atoms with van der Waals surface area (Å²) >= 11 is 3.41. The van der Waals surface area contributed by atoms with Crippen LogP contribution in [0.25, 0.3) is 0 Å². The highest BCUT2D eigenvalue weighted by Gasteiger charge is 2.00. The summed E-state index contributed by atoms with van der Waals surface area (Å²) in [7, 11) is 0. The highest BCUT2D eigenvalue weighted by atomic mass is 79.9. The van der Waals surface area contributed by atoms with E-state index in [2.05, 4.69) is 33.2 Å². The molecule has 0 saturated heterocycles. The second-order valence-corrected chi connectivity index (χ2v) is 4.55. The van der Waals surface area contributed by atoms with Crippen LogP contribution in [0.15, 0.2) is 41.1 Å². The molecular formula is C12H15BrClN3O. The minimum absolute atomic E-state index is 0. The average molecular weight is 333 g/mol. The Morgan fingerprint density at radius 3 is 2.67 bits per heavy atom. The fourth-order valence-electron chi connectivity index (χ4n) is 1.46. The SMILES string of the molecule is Cl.NCCOc1cnn(Cc2ccc(Br)cc2)c1. The molecule has 0 fully saturated rings. The number of nitrogens with two attached hydrogens (primary N) is 1. The molecule has 0 aliphatic rings. The number of benzene rings is 1. The maximum atomic E-state index is 5.38. The van der Waals surface area contributed by atoms with Gasteiger partial charge in [-0.15, -0.1) is 12.4 Å². The Morgan fingerprint density at radius 1 is 1.28 bits per heavy atom. The van der Waals surface area contributed by atoms with E-state index >= 15 is 0 Å². The van der Waals surface area contributed by atoms with Crippen LogP contribution < -0.4 is 10.5 Å².